The van der Waals surface area contributed by atoms with Gasteiger partial charge in [-0.05, 0) is 38.1 Å². The number of esters is 1. The maximum atomic E-state index is 12.0. The molecule has 0 aliphatic heterocycles. The minimum absolute atomic E-state index is 0.189. The van der Waals surface area contributed by atoms with Gasteiger partial charge in [-0.15, -0.1) is 22.0 Å². The molecule has 0 fully saturated rings. The fourth-order valence-electron chi connectivity index (χ4n) is 2.63. The van der Waals surface area contributed by atoms with Crippen LogP contribution in [0.5, 0.6) is 5.75 Å². The molecule has 0 aliphatic rings. The summed E-state index contributed by atoms with van der Waals surface area (Å²) < 4.78 is 12.8. The fraction of sp³-hybridized carbons (Fsp3) is 0.318. The Bertz CT molecular complexity index is 931. The number of aromatic nitrogens is 3. The third-order valence-electron chi connectivity index (χ3n) is 4.18. The predicted octanol–water partition coefficient (Wildman–Crippen LogP) is 4.61. The monoisotopic (exact) mass is 443 g/mol. The van der Waals surface area contributed by atoms with Crippen LogP contribution < -0.4 is 4.74 Å². The van der Waals surface area contributed by atoms with Gasteiger partial charge in [0.05, 0.1) is 11.5 Å². The minimum atomic E-state index is -0.294. The molecule has 0 saturated carbocycles. The average molecular weight is 444 g/mol. The first-order chi connectivity index (χ1) is 14.7. The third-order valence-corrected chi connectivity index (χ3v) is 6.12. The van der Waals surface area contributed by atoms with Crippen LogP contribution in [0, 0.1) is 6.92 Å². The summed E-state index contributed by atoms with van der Waals surface area (Å²) in [6, 6.07) is 17.9. The molecule has 0 aliphatic carbocycles. The maximum Gasteiger partial charge on any atom is 0.316 e. The number of nitrogens with zero attached hydrogens (tertiary/aromatic N) is 3. The van der Waals surface area contributed by atoms with E-state index < -0.39 is 0 Å². The average Bonchev–Trinajstić information content (AvgIpc) is 3.17. The van der Waals surface area contributed by atoms with E-state index in [0.29, 0.717) is 6.61 Å². The van der Waals surface area contributed by atoms with Crippen LogP contribution in [-0.2, 0) is 21.8 Å². The van der Waals surface area contributed by atoms with Gasteiger partial charge in [0.1, 0.15) is 24.8 Å². The molecular formula is C22H25N3O3S2. The van der Waals surface area contributed by atoms with Gasteiger partial charge in [0.2, 0.25) is 0 Å². The van der Waals surface area contributed by atoms with Crippen LogP contribution in [0.2, 0.25) is 0 Å². The fourth-order valence-corrected chi connectivity index (χ4v) is 4.29. The Labute approximate surface area is 185 Å². The van der Waals surface area contributed by atoms with E-state index in [-0.39, 0.29) is 18.3 Å². The minimum Gasteiger partial charge on any atom is -0.490 e. The second kappa shape index (κ2) is 11.7. The molecule has 1 heterocycles. The lowest BCUT2D eigenvalue weighted by molar-refractivity contribution is -0.141. The van der Waals surface area contributed by atoms with Crippen LogP contribution in [0.15, 0.2) is 64.6 Å². The molecule has 0 amide bonds. The second-order valence-corrected chi connectivity index (χ2v) is 8.41. The van der Waals surface area contributed by atoms with Crippen molar-refractivity contribution in [1.82, 2.24) is 14.8 Å². The van der Waals surface area contributed by atoms with Gasteiger partial charge in [0, 0.05) is 11.4 Å². The van der Waals surface area contributed by atoms with Crippen LogP contribution in [0.3, 0.4) is 0 Å². The number of ether oxygens (including phenoxy) is 2. The van der Waals surface area contributed by atoms with Gasteiger partial charge in [-0.25, -0.2) is 0 Å². The smallest absolute Gasteiger partial charge is 0.316 e. The van der Waals surface area contributed by atoms with E-state index in [1.165, 1.54) is 22.2 Å². The Morgan fingerprint density at radius 2 is 1.77 bits per heavy atom. The molecule has 30 heavy (non-hydrogen) atoms. The Hall–Kier alpha value is -2.45. The van der Waals surface area contributed by atoms with Crippen molar-refractivity contribution in [3.8, 4) is 5.75 Å². The molecule has 0 bridgehead atoms. The number of benzene rings is 2. The highest BCUT2D eigenvalue weighted by Crippen LogP contribution is 2.25. The number of carbonyl (C=O) groups is 1. The van der Waals surface area contributed by atoms with E-state index in [4.69, 9.17) is 9.47 Å². The summed E-state index contributed by atoms with van der Waals surface area (Å²) in [6.07, 6.45) is 0. The number of hydrogen-bond acceptors (Lipinski definition) is 7. The molecule has 6 nitrogen and oxygen atoms in total. The zero-order valence-electron chi connectivity index (χ0n) is 17.1. The van der Waals surface area contributed by atoms with Crippen LogP contribution in [-0.4, -0.2) is 39.7 Å². The zero-order valence-corrected chi connectivity index (χ0v) is 18.7. The van der Waals surface area contributed by atoms with Crippen molar-refractivity contribution in [2.45, 2.75) is 36.2 Å². The van der Waals surface area contributed by atoms with Gasteiger partial charge in [-0.2, -0.15) is 0 Å². The van der Waals surface area contributed by atoms with Crippen LogP contribution in [0.4, 0.5) is 0 Å². The molecule has 8 heteroatoms. The number of rotatable bonds is 11. The van der Waals surface area contributed by atoms with Crippen molar-refractivity contribution in [3.05, 3.63) is 66.0 Å². The molecule has 0 radical (unpaired) electrons. The van der Waals surface area contributed by atoms with Crippen LogP contribution >= 0.6 is 23.5 Å². The highest BCUT2D eigenvalue weighted by Gasteiger charge is 2.14. The normalized spacial score (nSPS) is 10.7. The van der Waals surface area contributed by atoms with E-state index in [1.54, 1.807) is 11.8 Å². The van der Waals surface area contributed by atoms with Gasteiger partial charge in [0.25, 0.3) is 0 Å². The summed E-state index contributed by atoms with van der Waals surface area (Å²) in [6.45, 7) is 5.41. The third kappa shape index (κ3) is 6.81. The number of thioether (sulfide) groups is 2. The molecule has 158 valence electrons. The van der Waals surface area contributed by atoms with Gasteiger partial charge >= 0.3 is 5.97 Å². The van der Waals surface area contributed by atoms with E-state index in [0.717, 1.165) is 29.0 Å². The van der Waals surface area contributed by atoms with Crippen LogP contribution in [0.1, 0.15) is 18.3 Å². The number of aryl methyl sites for hydroxylation is 1. The number of carbonyl (C=O) groups excluding carboxylic acids is 1. The molecule has 3 rings (SSSR count). The summed E-state index contributed by atoms with van der Waals surface area (Å²) in [7, 11) is 0. The molecule has 1 aromatic heterocycles. The van der Waals surface area contributed by atoms with E-state index >= 15 is 0 Å². The van der Waals surface area contributed by atoms with Gasteiger partial charge in [0.15, 0.2) is 5.16 Å². The maximum absolute atomic E-state index is 12.0. The van der Waals surface area contributed by atoms with Crippen molar-refractivity contribution in [3.63, 3.8) is 0 Å². The highest BCUT2D eigenvalue weighted by atomic mass is 32.2. The number of hydrogen-bond donors (Lipinski definition) is 0. The largest absolute Gasteiger partial charge is 0.490 e. The summed E-state index contributed by atoms with van der Waals surface area (Å²) in [4.78, 5) is 13.2. The summed E-state index contributed by atoms with van der Waals surface area (Å²) in [5, 5.41) is 9.29. The molecule has 0 N–H and O–H groups in total. The van der Waals surface area contributed by atoms with Gasteiger partial charge < -0.3 is 14.0 Å². The Morgan fingerprint density at radius 1 is 1.00 bits per heavy atom. The lowest BCUT2D eigenvalue weighted by atomic mass is 10.2. The second-order valence-electron chi connectivity index (χ2n) is 6.42. The standard InChI is InChI=1S/C22H25N3O3S2/c1-3-25-20(15-29-19-11-9-17(2)10-12-19)23-24-22(25)30-16-21(26)28-14-13-27-18-7-5-4-6-8-18/h4-12H,3,13-16H2,1-2H3. The first kappa shape index (κ1) is 22.2. The Morgan fingerprint density at radius 3 is 2.50 bits per heavy atom. The molecule has 0 saturated heterocycles. The highest BCUT2D eigenvalue weighted by molar-refractivity contribution is 7.99. The number of para-hydroxylation sites is 1. The van der Waals surface area contributed by atoms with Crippen molar-refractivity contribution in [2.24, 2.45) is 0 Å². The van der Waals surface area contributed by atoms with Crippen molar-refractivity contribution in [1.29, 1.82) is 0 Å². The predicted molar refractivity (Wildman–Crippen MR) is 120 cm³/mol. The Kier molecular flexibility index (Phi) is 8.65. The summed E-state index contributed by atoms with van der Waals surface area (Å²) in [5.74, 6) is 2.28. The topological polar surface area (TPSA) is 66.2 Å². The first-order valence-electron chi connectivity index (χ1n) is 9.73. The lowest BCUT2D eigenvalue weighted by Gasteiger charge is -2.08. The molecule has 3 aromatic rings. The quantitative estimate of drug-likeness (QED) is 0.243. The van der Waals surface area contributed by atoms with E-state index in [2.05, 4.69) is 41.4 Å². The Balaban J connectivity index is 1.42. The van der Waals surface area contributed by atoms with Crippen LogP contribution in [0.25, 0.3) is 0 Å². The van der Waals surface area contributed by atoms with E-state index in [9.17, 15) is 4.79 Å². The molecular weight excluding hydrogens is 418 g/mol. The SMILES string of the molecule is CCn1c(CSc2ccc(C)cc2)nnc1SCC(=O)OCCOc1ccccc1. The zero-order chi connectivity index (χ0) is 21.2. The summed E-state index contributed by atoms with van der Waals surface area (Å²) >= 11 is 3.07. The lowest BCUT2D eigenvalue weighted by Crippen LogP contribution is -2.14. The van der Waals surface area contributed by atoms with Gasteiger partial charge in [-0.1, -0.05) is 47.7 Å². The summed E-state index contributed by atoms with van der Waals surface area (Å²) in [5.41, 5.74) is 1.24. The first-order valence-corrected chi connectivity index (χ1v) is 11.7. The van der Waals surface area contributed by atoms with Crippen molar-refractivity contribution < 1.29 is 14.3 Å². The van der Waals surface area contributed by atoms with E-state index in [1.807, 2.05) is 41.8 Å². The van der Waals surface area contributed by atoms with Crippen molar-refractivity contribution >= 4 is 29.5 Å². The molecule has 2 aromatic carbocycles. The molecule has 0 atom stereocenters. The van der Waals surface area contributed by atoms with Gasteiger partial charge in [-0.3, -0.25) is 4.79 Å². The molecule has 0 unspecified atom stereocenters. The van der Waals surface area contributed by atoms with Crippen molar-refractivity contribution in [2.75, 3.05) is 19.0 Å². The molecule has 0 spiro atoms.